The fourth-order valence-corrected chi connectivity index (χ4v) is 7.95. The van der Waals surface area contributed by atoms with Gasteiger partial charge in [0.15, 0.2) is 6.61 Å². The summed E-state index contributed by atoms with van der Waals surface area (Å²) in [5, 5.41) is 28.4. The van der Waals surface area contributed by atoms with E-state index in [0.717, 1.165) is 24.0 Å². The fraction of sp³-hybridized carbons (Fsp3) is 0.349. The standard InChI is InChI=1S/C43H47ClN4O7/c1-29(49)45-25-24-43(22-8-9-23-43)42(54)46-36(41(52)53)26-31-14-20-34(21-15-31)47-39(32-16-18-33(44)19-17-32)48(38(50)28-55-35-12-6-3-7-13-35)37(40(47)51)27-30-10-4-2-5-11-30/h2-7,10-21,36-37,39-40,51H,8-9,22-28H2,1H3,(H,45,49)(H,46,54)(H,52,53). The van der Waals surface area contributed by atoms with Gasteiger partial charge in [-0.3, -0.25) is 14.4 Å². The van der Waals surface area contributed by atoms with Crippen molar-refractivity contribution in [3.63, 3.8) is 0 Å². The van der Waals surface area contributed by atoms with E-state index in [1.807, 2.05) is 60.7 Å². The highest BCUT2D eigenvalue weighted by molar-refractivity contribution is 6.30. The Morgan fingerprint density at radius 2 is 1.51 bits per heavy atom. The van der Waals surface area contributed by atoms with E-state index in [9.17, 15) is 29.4 Å². The Kier molecular flexibility index (Phi) is 12.7. The van der Waals surface area contributed by atoms with Gasteiger partial charge in [-0.1, -0.05) is 97.2 Å². The first kappa shape index (κ1) is 39.3. The number of benzene rings is 4. The molecule has 1 saturated heterocycles. The molecular weight excluding hydrogens is 720 g/mol. The van der Waals surface area contributed by atoms with E-state index in [4.69, 9.17) is 16.3 Å². The molecule has 4 atom stereocenters. The van der Waals surface area contributed by atoms with Crippen LogP contribution >= 0.6 is 11.6 Å². The minimum absolute atomic E-state index is 0.0321. The summed E-state index contributed by atoms with van der Waals surface area (Å²) in [5.41, 5.74) is 2.21. The molecule has 0 aromatic heterocycles. The molecule has 288 valence electrons. The van der Waals surface area contributed by atoms with E-state index >= 15 is 0 Å². The van der Waals surface area contributed by atoms with Gasteiger partial charge in [-0.25, -0.2) is 4.79 Å². The van der Waals surface area contributed by atoms with Gasteiger partial charge in [-0.2, -0.15) is 0 Å². The minimum atomic E-state index is -1.18. The Bertz CT molecular complexity index is 1920. The fourth-order valence-electron chi connectivity index (χ4n) is 7.83. The summed E-state index contributed by atoms with van der Waals surface area (Å²) in [7, 11) is 0. The molecule has 1 saturated carbocycles. The highest BCUT2D eigenvalue weighted by Crippen LogP contribution is 2.43. The highest BCUT2D eigenvalue weighted by Gasteiger charge is 2.49. The Labute approximate surface area is 326 Å². The number of anilines is 1. The maximum atomic E-state index is 14.3. The highest BCUT2D eigenvalue weighted by atomic mass is 35.5. The van der Waals surface area contributed by atoms with E-state index < -0.39 is 35.9 Å². The van der Waals surface area contributed by atoms with Gasteiger partial charge in [0.1, 0.15) is 24.2 Å². The average Bonchev–Trinajstić information content (AvgIpc) is 3.78. The second kappa shape index (κ2) is 17.8. The summed E-state index contributed by atoms with van der Waals surface area (Å²) in [6.45, 7) is 1.52. The number of halogens is 1. The number of carbonyl (C=O) groups excluding carboxylic acids is 3. The van der Waals surface area contributed by atoms with Gasteiger partial charge < -0.3 is 35.4 Å². The molecule has 3 amide bonds. The van der Waals surface area contributed by atoms with Gasteiger partial charge in [0.2, 0.25) is 11.8 Å². The summed E-state index contributed by atoms with van der Waals surface area (Å²) in [4.78, 5) is 55.3. The van der Waals surface area contributed by atoms with Crippen LogP contribution in [-0.4, -0.2) is 70.3 Å². The quantitative estimate of drug-likeness (QED) is 0.117. The van der Waals surface area contributed by atoms with Crippen LogP contribution in [-0.2, 0) is 32.0 Å². The van der Waals surface area contributed by atoms with Crippen molar-refractivity contribution in [2.75, 3.05) is 18.1 Å². The van der Waals surface area contributed by atoms with Crippen LogP contribution in [0.15, 0.2) is 109 Å². The number of amides is 3. The van der Waals surface area contributed by atoms with Crippen LogP contribution in [0.4, 0.5) is 5.69 Å². The van der Waals surface area contributed by atoms with Gasteiger partial charge in [0, 0.05) is 30.6 Å². The maximum Gasteiger partial charge on any atom is 0.326 e. The third kappa shape index (κ3) is 9.47. The van der Waals surface area contributed by atoms with Crippen molar-refractivity contribution in [2.45, 2.75) is 76.3 Å². The van der Waals surface area contributed by atoms with Crippen LogP contribution in [0.2, 0.25) is 5.02 Å². The number of ether oxygens (including phenoxy) is 1. The number of aliphatic carboxylic acids is 1. The van der Waals surface area contributed by atoms with Gasteiger partial charge in [-0.15, -0.1) is 0 Å². The van der Waals surface area contributed by atoms with Crippen LogP contribution in [0, 0.1) is 5.41 Å². The van der Waals surface area contributed by atoms with Crippen molar-refractivity contribution in [3.8, 4) is 5.75 Å². The number of hydrogen-bond donors (Lipinski definition) is 4. The number of nitrogens with one attached hydrogen (secondary N) is 2. The number of aliphatic hydroxyl groups is 1. The smallest absolute Gasteiger partial charge is 0.326 e. The lowest BCUT2D eigenvalue weighted by molar-refractivity contribution is -0.144. The zero-order valence-electron chi connectivity index (χ0n) is 30.8. The zero-order chi connectivity index (χ0) is 39.0. The summed E-state index contributed by atoms with van der Waals surface area (Å²) >= 11 is 6.30. The summed E-state index contributed by atoms with van der Waals surface area (Å²) in [5.74, 6) is -1.41. The van der Waals surface area contributed by atoms with Crippen molar-refractivity contribution in [2.24, 2.45) is 5.41 Å². The van der Waals surface area contributed by atoms with Gasteiger partial charge in [0.25, 0.3) is 5.91 Å². The van der Waals surface area contributed by atoms with Crippen molar-refractivity contribution < 1.29 is 34.1 Å². The SMILES string of the molecule is CC(=O)NCCC1(C(=O)NC(Cc2ccc(N3C(O)C(Cc4ccccc4)N(C(=O)COc4ccccc4)C3c3ccc(Cl)cc3)cc2)C(=O)O)CCCC1. The molecule has 4 aromatic carbocycles. The molecule has 2 aliphatic rings. The maximum absolute atomic E-state index is 14.3. The third-order valence-corrected chi connectivity index (χ3v) is 10.9. The molecule has 2 fully saturated rings. The lowest BCUT2D eigenvalue weighted by Gasteiger charge is -2.33. The Balaban J connectivity index is 1.27. The molecule has 0 bridgehead atoms. The molecule has 55 heavy (non-hydrogen) atoms. The predicted molar refractivity (Wildman–Crippen MR) is 209 cm³/mol. The number of para-hydroxylation sites is 1. The van der Waals surface area contributed by atoms with E-state index in [-0.39, 0.29) is 30.7 Å². The van der Waals surface area contributed by atoms with Crippen LogP contribution in [0.25, 0.3) is 0 Å². The van der Waals surface area contributed by atoms with E-state index in [1.165, 1.54) is 6.92 Å². The number of nitrogens with zero attached hydrogens (tertiary/aromatic N) is 2. The summed E-state index contributed by atoms with van der Waals surface area (Å²) in [6.07, 6.45) is 1.95. The second-order valence-electron chi connectivity index (χ2n) is 14.4. The number of carboxylic acids is 1. The molecule has 1 aliphatic heterocycles. The van der Waals surface area contributed by atoms with Crippen molar-refractivity contribution in [3.05, 3.63) is 131 Å². The first-order valence-electron chi connectivity index (χ1n) is 18.7. The molecule has 1 heterocycles. The lowest BCUT2D eigenvalue weighted by atomic mass is 9.81. The summed E-state index contributed by atoms with van der Waals surface area (Å²) < 4.78 is 5.92. The van der Waals surface area contributed by atoms with Crippen molar-refractivity contribution in [1.82, 2.24) is 15.5 Å². The molecule has 12 heteroatoms. The van der Waals surface area contributed by atoms with Crippen LogP contribution < -0.4 is 20.3 Å². The molecule has 0 radical (unpaired) electrons. The number of rotatable bonds is 15. The number of hydrogen-bond acceptors (Lipinski definition) is 7. The van der Waals surface area contributed by atoms with Gasteiger partial charge in [-0.05, 0) is 78.8 Å². The zero-order valence-corrected chi connectivity index (χ0v) is 31.5. The Morgan fingerprint density at radius 3 is 2.13 bits per heavy atom. The average molecular weight is 767 g/mol. The molecule has 4 aromatic rings. The van der Waals surface area contributed by atoms with E-state index in [2.05, 4.69) is 10.6 Å². The molecule has 6 rings (SSSR count). The molecule has 0 spiro atoms. The topological polar surface area (TPSA) is 149 Å². The van der Waals surface area contributed by atoms with E-state index in [1.54, 1.807) is 58.3 Å². The number of aliphatic hydroxyl groups excluding tert-OH is 1. The molecule has 1 aliphatic carbocycles. The monoisotopic (exact) mass is 766 g/mol. The normalized spacial score (nSPS) is 19.4. The first-order chi connectivity index (χ1) is 26.5. The Morgan fingerprint density at radius 1 is 0.873 bits per heavy atom. The van der Waals surface area contributed by atoms with Gasteiger partial charge >= 0.3 is 5.97 Å². The van der Waals surface area contributed by atoms with Crippen LogP contribution in [0.5, 0.6) is 5.75 Å². The number of carboxylic acid groups (broad SMARTS) is 1. The van der Waals surface area contributed by atoms with Crippen molar-refractivity contribution >= 4 is 41.0 Å². The molecule has 4 N–H and O–H groups in total. The minimum Gasteiger partial charge on any atom is -0.484 e. The van der Waals surface area contributed by atoms with Crippen LogP contribution in [0.1, 0.15) is 61.9 Å². The predicted octanol–water partition coefficient (Wildman–Crippen LogP) is 5.89. The van der Waals surface area contributed by atoms with Crippen LogP contribution in [0.3, 0.4) is 0 Å². The molecule has 11 nitrogen and oxygen atoms in total. The molecule has 4 unspecified atom stereocenters. The molecular formula is C43H47ClN4O7. The first-order valence-corrected chi connectivity index (χ1v) is 19.0. The third-order valence-electron chi connectivity index (χ3n) is 10.7. The van der Waals surface area contributed by atoms with Gasteiger partial charge in [0.05, 0.1) is 11.5 Å². The largest absolute Gasteiger partial charge is 0.484 e. The lowest BCUT2D eigenvalue weighted by Crippen LogP contribution is -2.49. The Hall–Kier alpha value is -5.39. The second-order valence-corrected chi connectivity index (χ2v) is 14.8. The van der Waals surface area contributed by atoms with Crippen molar-refractivity contribution in [1.29, 1.82) is 0 Å². The summed E-state index contributed by atoms with van der Waals surface area (Å²) in [6, 6.07) is 31.2. The van der Waals surface area contributed by atoms with E-state index in [0.29, 0.717) is 54.3 Å². The number of carbonyl (C=O) groups is 4.